The summed E-state index contributed by atoms with van der Waals surface area (Å²) in [6, 6.07) is 6.17. The maximum absolute atomic E-state index is 12.4. The van der Waals surface area contributed by atoms with E-state index in [0.29, 0.717) is 24.9 Å². The number of carbonyl (C=O) groups is 2. The van der Waals surface area contributed by atoms with E-state index in [1.54, 1.807) is 11.0 Å². The number of anilines is 1. The number of hydrogen-bond donors (Lipinski definition) is 1. The molecule has 0 unspecified atom stereocenters. The zero-order chi connectivity index (χ0) is 18.3. The van der Waals surface area contributed by atoms with Crippen molar-refractivity contribution in [2.24, 2.45) is 0 Å². The molecule has 0 spiro atoms. The van der Waals surface area contributed by atoms with Gasteiger partial charge in [0.1, 0.15) is 0 Å². The van der Waals surface area contributed by atoms with Crippen LogP contribution in [0.2, 0.25) is 0 Å². The summed E-state index contributed by atoms with van der Waals surface area (Å²) in [5.74, 6) is 0.537. The Kier molecular flexibility index (Phi) is 7.69. The third kappa shape index (κ3) is 5.52. The van der Waals surface area contributed by atoms with E-state index in [1.165, 1.54) is 6.92 Å². The minimum Gasteiger partial charge on any atom is -0.339 e. The average Bonchev–Trinajstić information content (AvgIpc) is 2.50. The highest BCUT2D eigenvalue weighted by Gasteiger charge is 2.16. The van der Waals surface area contributed by atoms with Crippen molar-refractivity contribution in [3.63, 3.8) is 0 Å². The molecule has 0 radical (unpaired) electrons. The molecule has 0 aliphatic rings. The molecule has 4 heteroatoms. The van der Waals surface area contributed by atoms with E-state index in [2.05, 4.69) is 51.7 Å². The Bertz CT molecular complexity index is 565. The first-order valence-corrected chi connectivity index (χ1v) is 8.57. The predicted molar refractivity (Wildman–Crippen MR) is 100 cm³/mol. The lowest BCUT2D eigenvalue weighted by molar-refractivity contribution is -0.128. The third-order valence-corrected chi connectivity index (χ3v) is 4.04. The largest absolute Gasteiger partial charge is 0.339 e. The molecule has 4 nitrogen and oxygen atoms in total. The molecule has 0 saturated heterocycles. The van der Waals surface area contributed by atoms with Crippen molar-refractivity contribution >= 4 is 17.5 Å². The highest BCUT2D eigenvalue weighted by molar-refractivity contribution is 5.93. The van der Waals surface area contributed by atoms with Crippen molar-refractivity contribution in [1.29, 1.82) is 0 Å². The van der Waals surface area contributed by atoms with Gasteiger partial charge in [0.2, 0.25) is 11.8 Å². The number of hydrogen-bond acceptors (Lipinski definition) is 2. The summed E-state index contributed by atoms with van der Waals surface area (Å²) in [6.07, 6.45) is 1.95. The summed E-state index contributed by atoms with van der Waals surface area (Å²) in [4.78, 5) is 25.6. The molecule has 0 aliphatic carbocycles. The van der Waals surface area contributed by atoms with Gasteiger partial charge in [-0.1, -0.05) is 52.0 Å². The van der Waals surface area contributed by atoms with Crippen LogP contribution in [0.3, 0.4) is 0 Å². The molecule has 1 rings (SSSR count). The number of benzene rings is 1. The van der Waals surface area contributed by atoms with Crippen molar-refractivity contribution in [2.45, 2.75) is 52.9 Å². The summed E-state index contributed by atoms with van der Waals surface area (Å²) >= 11 is 0. The number of amides is 2. The zero-order valence-electron chi connectivity index (χ0n) is 15.6. The maximum atomic E-state index is 12.4. The second-order valence-corrected chi connectivity index (χ2v) is 6.67. The summed E-state index contributed by atoms with van der Waals surface area (Å²) < 4.78 is 0. The van der Waals surface area contributed by atoms with Gasteiger partial charge in [0.05, 0.1) is 0 Å². The first-order chi connectivity index (χ1) is 11.3. The van der Waals surface area contributed by atoms with Gasteiger partial charge in [-0.25, -0.2) is 0 Å². The lowest BCUT2D eigenvalue weighted by Gasteiger charge is -2.22. The highest BCUT2D eigenvalue weighted by atomic mass is 16.2. The van der Waals surface area contributed by atoms with Gasteiger partial charge < -0.3 is 10.2 Å². The molecule has 0 heterocycles. The standard InChI is InChI=1S/C20H30N2O2/c1-7-12-22(16(6)23)13-11-19(24)21-20-17(14(2)3)9-8-10-18(20)15(4)5/h7-10,14-15H,1,11-13H2,2-6H3,(H,21,24). The fourth-order valence-electron chi connectivity index (χ4n) is 2.67. The third-order valence-electron chi connectivity index (χ3n) is 4.04. The van der Waals surface area contributed by atoms with Gasteiger partial charge in [-0.05, 0) is 23.0 Å². The molecular weight excluding hydrogens is 300 g/mol. The lowest BCUT2D eigenvalue weighted by Crippen LogP contribution is -2.32. The lowest BCUT2D eigenvalue weighted by atomic mass is 9.92. The molecule has 1 aromatic carbocycles. The van der Waals surface area contributed by atoms with Crippen LogP contribution in [0.25, 0.3) is 0 Å². The number of carbonyl (C=O) groups excluding carboxylic acids is 2. The molecule has 0 fully saturated rings. The van der Waals surface area contributed by atoms with Crippen molar-refractivity contribution in [1.82, 2.24) is 4.90 Å². The molecule has 0 saturated carbocycles. The molecule has 1 N–H and O–H groups in total. The van der Waals surface area contributed by atoms with Crippen LogP contribution in [-0.2, 0) is 9.59 Å². The van der Waals surface area contributed by atoms with Crippen LogP contribution in [0.15, 0.2) is 30.9 Å². The quantitative estimate of drug-likeness (QED) is 0.723. The zero-order valence-corrected chi connectivity index (χ0v) is 15.6. The molecule has 132 valence electrons. The average molecular weight is 330 g/mol. The van der Waals surface area contributed by atoms with Crippen molar-refractivity contribution in [3.8, 4) is 0 Å². The summed E-state index contributed by atoms with van der Waals surface area (Å²) in [5, 5.41) is 3.08. The number of rotatable bonds is 8. The minimum absolute atomic E-state index is 0.0480. The van der Waals surface area contributed by atoms with Gasteiger partial charge in [-0.2, -0.15) is 0 Å². The molecule has 0 bridgehead atoms. The SMILES string of the molecule is C=CCN(CCC(=O)Nc1c(C(C)C)cccc1C(C)C)C(C)=O. The monoisotopic (exact) mass is 330 g/mol. The second kappa shape index (κ2) is 9.26. The topological polar surface area (TPSA) is 49.4 Å². The Balaban J connectivity index is 2.89. The fourth-order valence-corrected chi connectivity index (χ4v) is 2.67. The van der Waals surface area contributed by atoms with Crippen LogP contribution in [0.4, 0.5) is 5.69 Å². The first-order valence-electron chi connectivity index (χ1n) is 8.57. The molecule has 0 aliphatic heterocycles. The van der Waals surface area contributed by atoms with Crippen molar-refractivity contribution < 1.29 is 9.59 Å². The summed E-state index contributed by atoms with van der Waals surface area (Å²) in [6.45, 7) is 14.5. The summed E-state index contributed by atoms with van der Waals surface area (Å²) in [7, 11) is 0. The normalized spacial score (nSPS) is 10.8. The molecule has 1 aromatic rings. The van der Waals surface area contributed by atoms with E-state index in [1.807, 2.05) is 6.07 Å². The smallest absolute Gasteiger partial charge is 0.226 e. The Hall–Kier alpha value is -2.10. The molecular formula is C20H30N2O2. The van der Waals surface area contributed by atoms with Crippen LogP contribution in [-0.4, -0.2) is 29.8 Å². The Labute approximate surface area is 145 Å². The Morgan fingerprint density at radius 1 is 1.17 bits per heavy atom. The number of nitrogens with one attached hydrogen (secondary N) is 1. The van der Waals surface area contributed by atoms with Crippen LogP contribution >= 0.6 is 0 Å². The van der Waals surface area contributed by atoms with E-state index in [0.717, 1.165) is 16.8 Å². The van der Waals surface area contributed by atoms with E-state index in [-0.39, 0.29) is 18.2 Å². The molecule has 24 heavy (non-hydrogen) atoms. The number of nitrogens with zero attached hydrogens (tertiary/aromatic N) is 1. The van der Waals surface area contributed by atoms with E-state index in [9.17, 15) is 9.59 Å². The van der Waals surface area contributed by atoms with Gasteiger partial charge in [-0.15, -0.1) is 6.58 Å². The van der Waals surface area contributed by atoms with Crippen LogP contribution in [0.1, 0.15) is 64.0 Å². The highest BCUT2D eigenvalue weighted by Crippen LogP contribution is 2.32. The van der Waals surface area contributed by atoms with Crippen LogP contribution < -0.4 is 5.32 Å². The van der Waals surface area contributed by atoms with Crippen molar-refractivity contribution in [3.05, 3.63) is 42.0 Å². The minimum atomic E-state index is -0.0692. The predicted octanol–water partition coefficient (Wildman–Crippen LogP) is 4.30. The fraction of sp³-hybridized carbons (Fsp3) is 0.500. The van der Waals surface area contributed by atoms with E-state index >= 15 is 0 Å². The Morgan fingerprint density at radius 3 is 2.12 bits per heavy atom. The van der Waals surface area contributed by atoms with Gasteiger partial charge in [0, 0.05) is 32.1 Å². The van der Waals surface area contributed by atoms with Crippen LogP contribution in [0.5, 0.6) is 0 Å². The number of para-hydroxylation sites is 1. The summed E-state index contributed by atoms with van der Waals surface area (Å²) in [5.41, 5.74) is 3.21. The molecule has 0 atom stereocenters. The Morgan fingerprint density at radius 2 is 1.71 bits per heavy atom. The van der Waals surface area contributed by atoms with Gasteiger partial charge in [0.25, 0.3) is 0 Å². The van der Waals surface area contributed by atoms with Gasteiger partial charge >= 0.3 is 0 Å². The molecule has 0 aromatic heterocycles. The van der Waals surface area contributed by atoms with E-state index < -0.39 is 0 Å². The van der Waals surface area contributed by atoms with Crippen molar-refractivity contribution in [2.75, 3.05) is 18.4 Å². The maximum Gasteiger partial charge on any atom is 0.226 e. The first kappa shape index (κ1) is 19.9. The molecule has 2 amide bonds. The van der Waals surface area contributed by atoms with Gasteiger partial charge in [-0.3, -0.25) is 9.59 Å². The van der Waals surface area contributed by atoms with Crippen LogP contribution in [0, 0.1) is 0 Å². The van der Waals surface area contributed by atoms with Gasteiger partial charge in [0.15, 0.2) is 0 Å². The second-order valence-electron chi connectivity index (χ2n) is 6.67. The van der Waals surface area contributed by atoms with E-state index in [4.69, 9.17) is 0 Å².